The Bertz CT molecular complexity index is 305. The molecule has 0 bridgehead atoms. The molecule has 104 valence electrons. The van der Waals surface area contributed by atoms with Crippen LogP contribution in [0.4, 0.5) is 5.82 Å². The normalized spacial score (nSPS) is 11.4. The summed E-state index contributed by atoms with van der Waals surface area (Å²) in [5, 5.41) is 11.3. The summed E-state index contributed by atoms with van der Waals surface area (Å²) in [5.41, 5.74) is 1.13. The van der Waals surface area contributed by atoms with Gasteiger partial charge in [0.15, 0.2) is 0 Å². The monoisotopic (exact) mass is 253 g/mol. The summed E-state index contributed by atoms with van der Waals surface area (Å²) in [6.45, 7) is 9.96. The quantitative estimate of drug-likeness (QED) is 0.810. The lowest BCUT2D eigenvalue weighted by Gasteiger charge is -2.15. The van der Waals surface area contributed by atoms with Crippen LogP contribution in [0.15, 0.2) is 12.3 Å². The van der Waals surface area contributed by atoms with Crippen molar-refractivity contribution in [2.75, 3.05) is 25.6 Å². The van der Waals surface area contributed by atoms with Crippen LogP contribution in [0.3, 0.4) is 0 Å². The minimum Gasteiger partial charge on any atom is -0.385 e. The summed E-state index contributed by atoms with van der Waals surface area (Å²) in [4.78, 5) is 0. The van der Waals surface area contributed by atoms with Crippen molar-refractivity contribution in [2.45, 2.75) is 40.5 Å². The van der Waals surface area contributed by atoms with E-state index >= 15 is 0 Å². The second-order valence-electron chi connectivity index (χ2n) is 4.05. The number of aromatic nitrogens is 2. The van der Waals surface area contributed by atoms with Crippen molar-refractivity contribution in [1.29, 1.82) is 0 Å². The smallest absolute Gasteiger partial charge is 0.148 e. The summed E-state index contributed by atoms with van der Waals surface area (Å²) >= 11 is 0. The predicted molar refractivity (Wildman–Crippen MR) is 76.9 cm³/mol. The molecule has 0 radical (unpaired) electrons. The molecule has 0 saturated heterocycles. The lowest BCUT2D eigenvalue weighted by atomic mass is 10.0. The zero-order chi connectivity index (χ0) is 13.8. The topological polar surface area (TPSA) is 47.0 Å². The fourth-order valence-corrected chi connectivity index (χ4v) is 1.53. The first-order valence-corrected chi connectivity index (χ1v) is 6.78. The van der Waals surface area contributed by atoms with Gasteiger partial charge in [-0.2, -0.15) is 5.10 Å². The van der Waals surface area contributed by atoms with E-state index in [1.807, 2.05) is 26.8 Å². The van der Waals surface area contributed by atoms with E-state index in [0.29, 0.717) is 5.92 Å². The summed E-state index contributed by atoms with van der Waals surface area (Å²) in [7, 11) is 1.74. The van der Waals surface area contributed by atoms with Gasteiger partial charge in [-0.05, 0) is 30.9 Å². The van der Waals surface area contributed by atoms with Gasteiger partial charge in [0.25, 0.3) is 0 Å². The Morgan fingerprint density at radius 3 is 2.67 bits per heavy atom. The molecule has 0 fully saturated rings. The number of aryl methyl sites for hydroxylation is 1. The van der Waals surface area contributed by atoms with Gasteiger partial charge in [0.2, 0.25) is 0 Å². The van der Waals surface area contributed by atoms with Gasteiger partial charge in [0.1, 0.15) is 5.82 Å². The number of anilines is 1. The van der Waals surface area contributed by atoms with Crippen LogP contribution in [0, 0.1) is 12.8 Å². The van der Waals surface area contributed by atoms with E-state index < -0.39 is 0 Å². The van der Waals surface area contributed by atoms with E-state index in [-0.39, 0.29) is 0 Å². The predicted octanol–water partition coefficient (Wildman–Crippen LogP) is 3.29. The summed E-state index contributed by atoms with van der Waals surface area (Å²) < 4.78 is 5.09. The zero-order valence-electron chi connectivity index (χ0n) is 12.4. The van der Waals surface area contributed by atoms with Crippen LogP contribution in [-0.2, 0) is 4.74 Å². The molecule has 0 aromatic carbocycles. The highest BCUT2D eigenvalue weighted by Gasteiger charge is 2.06. The third kappa shape index (κ3) is 7.22. The van der Waals surface area contributed by atoms with E-state index in [1.54, 1.807) is 13.3 Å². The molecule has 1 aromatic heterocycles. The van der Waals surface area contributed by atoms with Gasteiger partial charge in [-0.15, -0.1) is 5.10 Å². The van der Waals surface area contributed by atoms with Crippen LogP contribution in [-0.4, -0.2) is 30.5 Å². The Hall–Kier alpha value is -1.16. The van der Waals surface area contributed by atoms with E-state index in [1.165, 1.54) is 0 Å². The third-order valence-corrected chi connectivity index (χ3v) is 2.67. The fraction of sp³-hybridized carbons (Fsp3) is 0.714. The Balaban J connectivity index is 0.00000137. The molecule has 4 nitrogen and oxygen atoms in total. The number of hydrogen-bond acceptors (Lipinski definition) is 4. The molecular weight excluding hydrogens is 226 g/mol. The molecule has 1 unspecified atom stereocenters. The van der Waals surface area contributed by atoms with Crippen LogP contribution in [0.5, 0.6) is 0 Å². The Labute approximate surface area is 111 Å². The molecule has 1 rings (SSSR count). The molecule has 0 amide bonds. The summed E-state index contributed by atoms with van der Waals surface area (Å²) in [5.74, 6) is 1.48. The van der Waals surface area contributed by atoms with E-state index in [9.17, 15) is 0 Å². The summed E-state index contributed by atoms with van der Waals surface area (Å²) in [6.07, 6.45) is 3.99. The second kappa shape index (κ2) is 11.0. The Morgan fingerprint density at radius 1 is 1.39 bits per heavy atom. The van der Waals surface area contributed by atoms with Gasteiger partial charge in [-0.3, -0.25) is 0 Å². The molecule has 0 aliphatic carbocycles. The number of hydrogen-bond donors (Lipinski definition) is 1. The van der Waals surface area contributed by atoms with Gasteiger partial charge >= 0.3 is 0 Å². The van der Waals surface area contributed by atoms with Gasteiger partial charge < -0.3 is 10.1 Å². The van der Waals surface area contributed by atoms with Crippen LogP contribution in [0.1, 0.15) is 39.2 Å². The minimum absolute atomic E-state index is 0.627. The molecule has 0 saturated carbocycles. The molecule has 0 spiro atoms. The molecule has 0 aliphatic rings. The first-order valence-electron chi connectivity index (χ1n) is 6.78. The van der Waals surface area contributed by atoms with Crippen molar-refractivity contribution in [3.05, 3.63) is 17.8 Å². The number of rotatable bonds is 7. The van der Waals surface area contributed by atoms with Gasteiger partial charge in [-0.25, -0.2) is 0 Å². The van der Waals surface area contributed by atoms with Crippen LogP contribution >= 0.6 is 0 Å². The number of methoxy groups -OCH3 is 1. The van der Waals surface area contributed by atoms with Crippen molar-refractivity contribution in [1.82, 2.24) is 10.2 Å². The highest BCUT2D eigenvalue weighted by atomic mass is 16.5. The van der Waals surface area contributed by atoms with E-state index in [0.717, 1.165) is 37.4 Å². The van der Waals surface area contributed by atoms with Crippen LogP contribution < -0.4 is 5.32 Å². The number of ether oxygens (including phenoxy) is 1. The molecule has 18 heavy (non-hydrogen) atoms. The third-order valence-electron chi connectivity index (χ3n) is 2.67. The van der Waals surface area contributed by atoms with Gasteiger partial charge in [0.05, 0.1) is 6.20 Å². The number of nitrogens with one attached hydrogen (secondary N) is 1. The van der Waals surface area contributed by atoms with E-state index in [2.05, 4.69) is 22.4 Å². The molecule has 1 atom stereocenters. The molecule has 1 heterocycles. The van der Waals surface area contributed by atoms with E-state index in [4.69, 9.17) is 4.74 Å². The molecule has 4 heteroatoms. The van der Waals surface area contributed by atoms with Crippen molar-refractivity contribution in [3.8, 4) is 0 Å². The van der Waals surface area contributed by atoms with Crippen molar-refractivity contribution < 1.29 is 4.74 Å². The van der Waals surface area contributed by atoms with Crippen molar-refractivity contribution in [3.63, 3.8) is 0 Å². The minimum atomic E-state index is 0.627. The second-order valence-corrected chi connectivity index (χ2v) is 4.05. The lowest BCUT2D eigenvalue weighted by Crippen LogP contribution is -2.16. The molecule has 1 N–H and O–H groups in total. The van der Waals surface area contributed by atoms with Crippen molar-refractivity contribution in [2.24, 2.45) is 5.92 Å². The van der Waals surface area contributed by atoms with Crippen LogP contribution in [0.25, 0.3) is 0 Å². The fourth-order valence-electron chi connectivity index (χ4n) is 1.53. The van der Waals surface area contributed by atoms with Crippen molar-refractivity contribution >= 4 is 5.82 Å². The molecule has 1 aromatic rings. The average Bonchev–Trinajstić information content (AvgIpc) is 2.41. The standard InChI is InChI=1S/C12H21N3O.C2H6/c1-4-11(5-6-16-3)9-13-12-7-10(2)8-14-15-12;1-2/h7-8,11H,4-6,9H2,1-3H3,(H,13,15);1-2H3. The lowest BCUT2D eigenvalue weighted by molar-refractivity contribution is 0.178. The molecule has 0 aliphatic heterocycles. The average molecular weight is 253 g/mol. The van der Waals surface area contributed by atoms with Gasteiger partial charge in [0, 0.05) is 20.3 Å². The van der Waals surface area contributed by atoms with Crippen LogP contribution in [0.2, 0.25) is 0 Å². The maximum Gasteiger partial charge on any atom is 0.148 e. The Kier molecular flexibility index (Phi) is 10.3. The SMILES string of the molecule is CC.CCC(CCOC)CNc1cc(C)cnn1. The van der Waals surface area contributed by atoms with Gasteiger partial charge in [-0.1, -0.05) is 27.2 Å². The zero-order valence-corrected chi connectivity index (χ0v) is 12.4. The first-order chi connectivity index (χ1) is 8.76. The largest absolute Gasteiger partial charge is 0.385 e. The molecular formula is C14H27N3O. The first kappa shape index (κ1) is 16.8. The Morgan fingerprint density at radius 2 is 2.11 bits per heavy atom. The highest BCUT2D eigenvalue weighted by molar-refractivity contribution is 5.34. The maximum atomic E-state index is 5.09. The number of nitrogens with zero attached hydrogens (tertiary/aromatic N) is 2. The maximum absolute atomic E-state index is 5.09. The highest BCUT2D eigenvalue weighted by Crippen LogP contribution is 2.10. The summed E-state index contributed by atoms with van der Waals surface area (Å²) in [6, 6.07) is 2.01.